The summed E-state index contributed by atoms with van der Waals surface area (Å²) < 4.78 is 7.38. The number of hydrogen-bond acceptors (Lipinski definition) is 6. The third-order valence-electron chi connectivity index (χ3n) is 5.53. The number of thioether (sulfide) groups is 1. The number of rotatable bonds is 8. The van der Waals surface area contributed by atoms with E-state index in [1.54, 1.807) is 19.4 Å². The monoisotopic (exact) mass is 425 g/mol. The van der Waals surface area contributed by atoms with E-state index in [1.807, 2.05) is 30.3 Å². The van der Waals surface area contributed by atoms with Crippen LogP contribution in [0, 0.1) is 0 Å². The van der Waals surface area contributed by atoms with Crippen molar-refractivity contribution in [2.24, 2.45) is 0 Å². The van der Waals surface area contributed by atoms with Crippen LogP contribution < -0.4 is 4.74 Å². The summed E-state index contributed by atoms with van der Waals surface area (Å²) in [6.45, 7) is 4.34. The Hall–Kier alpha value is -2.58. The van der Waals surface area contributed by atoms with Gasteiger partial charge in [-0.3, -0.25) is 14.3 Å². The highest BCUT2D eigenvalue weighted by molar-refractivity contribution is 7.99. The lowest BCUT2D eigenvalue weighted by Crippen LogP contribution is -2.33. The summed E-state index contributed by atoms with van der Waals surface area (Å²) in [7, 11) is 1.66. The number of hydrogen-bond donors (Lipinski definition) is 1. The zero-order valence-corrected chi connectivity index (χ0v) is 18.2. The summed E-state index contributed by atoms with van der Waals surface area (Å²) in [5.74, 6) is 2.04. The minimum Gasteiger partial charge on any atom is -0.497 e. The van der Waals surface area contributed by atoms with Crippen molar-refractivity contribution >= 4 is 17.5 Å². The molecule has 1 aromatic carbocycles. The number of nitrogens with zero attached hydrogens (tertiary/aromatic N) is 4. The Labute approximate surface area is 180 Å². The van der Waals surface area contributed by atoms with Gasteiger partial charge in [0.2, 0.25) is 0 Å². The molecule has 0 bridgehead atoms. The molecule has 30 heavy (non-hydrogen) atoms. The highest BCUT2D eigenvalue weighted by Crippen LogP contribution is 2.30. The topological polar surface area (TPSA) is 76.0 Å². The smallest absolute Gasteiger partial charge is 0.196 e. The fourth-order valence-corrected chi connectivity index (χ4v) is 4.64. The number of benzene rings is 1. The molecular weight excluding hydrogens is 398 g/mol. The zero-order chi connectivity index (χ0) is 20.9. The summed E-state index contributed by atoms with van der Waals surface area (Å²) in [5.41, 5.74) is 1.58. The predicted molar refractivity (Wildman–Crippen MR) is 118 cm³/mol. The molecule has 0 amide bonds. The molecule has 8 heteroatoms. The maximum Gasteiger partial charge on any atom is 0.196 e. The molecule has 1 unspecified atom stereocenters. The predicted octanol–water partition coefficient (Wildman–Crippen LogP) is 4.13. The number of ether oxygens (including phenoxy) is 1. The molecule has 1 fully saturated rings. The number of aromatic nitrogens is 4. The fourth-order valence-electron chi connectivity index (χ4n) is 3.80. The zero-order valence-electron chi connectivity index (χ0n) is 17.4. The minimum atomic E-state index is 0.0416. The molecule has 7 nitrogen and oxygen atoms in total. The number of methoxy groups -OCH3 is 1. The van der Waals surface area contributed by atoms with Crippen molar-refractivity contribution in [3.8, 4) is 11.4 Å². The van der Waals surface area contributed by atoms with Crippen LogP contribution in [-0.4, -0.2) is 56.4 Å². The number of carbonyl (C=O) groups is 1. The van der Waals surface area contributed by atoms with E-state index in [4.69, 9.17) is 4.74 Å². The first kappa shape index (κ1) is 20.7. The van der Waals surface area contributed by atoms with Gasteiger partial charge in [-0.25, -0.2) is 0 Å². The molecule has 1 N–H and O–H groups in total. The highest BCUT2D eigenvalue weighted by Gasteiger charge is 2.26. The molecule has 3 heterocycles. The van der Waals surface area contributed by atoms with E-state index >= 15 is 0 Å². The standard InChI is InChI=1S/C22H27N5O2S/c1-16(26-13-4-3-5-14-26)21-24-25-22(30-15-20(28)19-7-6-12-23-19)27(21)17-8-10-18(29-2)11-9-17/h6-12,16,23H,3-5,13-15H2,1-2H3. The number of H-pyrrole nitrogens is 1. The summed E-state index contributed by atoms with van der Waals surface area (Å²) in [6.07, 6.45) is 5.48. The van der Waals surface area contributed by atoms with Crippen LogP contribution in [0.3, 0.4) is 0 Å². The van der Waals surface area contributed by atoms with E-state index in [0.717, 1.165) is 35.5 Å². The molecule has 0 aliphatic carbocycles. The van der Waals surface area contributed by atoms with Gasteiger partial charge in [-0.05, 0) is 69.3 Å². The van der Waals surface area contributed by atoms with E-state index < -0.39 is 0 Å². The Morgan fingerprint density at radius 2 is 1.93 bits per heavy atom. The lowest BCUT2D eigenvalue weighted by atomic mass is 10.1. The quantitative estimate of drug-likeness (QED) is 0.432. The molecule has 4 rings (SSSR count). The van der Waals surface area contributed by atoms with Gasteiger partial charge in [0.25, 0.3) is 0 Å². The second kappa shape index (κ2) is 9.49. The van der Waals surface area contributed by atoms with Crippen LogP contribution in [0.15, 0.2) is 47.8 Å². The van der Waals surface area contributed by atoms with Gasteiger partial charge in [-0.2, -0.15) is 0 Å². The van der Waals surface area contributed by atoms with Crippen molar-refractivity contribution in [2.75, 3.05) is 26.0 Å². The van der Waals surface area contributed by atoms with Gasteiger partial charge < -0.3 is 9.72 Å². The second-order valence-electron chi connectivity index (χ2n) is 7.44. The molecular formula is C22H27N5O2S. The van der Waals surface area contributed by atoms with Crippen molar-refractivity contribution < 1.29 is 9.53 Å². The van der Waals surface area contributed by atoms with E-state index in [0.29, 0.717) is 11.4 Å². The average Bonchev–Trinajstić information content (AvgIpc) is 3.48. The van der Waals surface area contributed by atoms with Crippen LogP contribution in [0.1, 0.15) is 48.5 Å². The Morgan fingerprint density at radius 3 is 2.60 bits per heavy atom. The number of nitrogens with one attached hydrogen (secondary N) is 1. The molecule has 0 radical (unpaired) electrons. The van der Waals surface area contributed by atoms with Crippen molar-refractivity contribution in [2.45, 2.75) is 37.4 Å². The summed E-state index contributed by atoms with van der Waals surface area (Å²) in [5, 5.41) is 9.73. The lowest BCUT2D eigenvalue weighted by molar-refractivity contribution is 0.101. The van der Waals surface area contributed by atoms with Crippen LogP contribution in [0.4, 0.5) is 0 Å². The minimum absolute atomic E-state index is 0.0416. The first-order valence-electron chi connectivity index (χ1n) is 10.3. The molecule has 2 aromatic heterocycles. The van der Waals surface area contributed by atoms with Crippen LogP contribution in [0.25, 0.3) is 5.69 Å². The van der Waals surface area contributed by atoms with Gasteiger partial charge in [0.1, 0.15) is 5.75 Å². The third kappa shape index (κ3) is 4.44. The van der Waals surface area contributed by atoms with Gasteiger partial charge in [0, 0.05) is 11.9 Å². The number of ketones is 1. The van der Waals surface area contributed by atoms with E-state index in [-0.39, 0.29) is 11.8 Å². The summed E-state index contributed by atoms with van der Waals surface area (Å²) in [6, 6.07) is 11.6. The first-order valence-corrected chi connectivity index (χ1v) is 11.3. The molecule has 1 atom stereocenters. The van der Waals surface area contributed by atoms with E-state index in [1.165, 1.54) is 31.0 Å². The number of Topliss-reactive ketones (excluding diaryl/α,β-unsaturated/α-hetero) is 1. The Morgan fingerprint density at radius 1 is 1.17 bits per heavy atom. The number of piperidine rings is 1. The number of likely N-dealkylation sites (tertiary alicyclic amines) is 1. The van der Waals surface area contributed by atoms with Gasteiger partial charge >= 0.3 is 0 Å². The van der Waals surface area contributed by atoms with E-state index in [2.05, 4.69) is 31.6 Å². The molecule has 0 saturated carbocycles. The number of aromatic amines is 1. The summed E-state index contributed by atoms with van der Waals surface area (Å²) >= 11 is 1.41. The van der Waals surface area contributed by atoms with Crippen molar-refractivity contribution in [1.29, 1.82) is 0 Å². The van der Waals surface area contributed by atoms with Crippen molar-refractivity contribution in [3.05, 3.63) is 54.1 Å². The van der Waals surface area contributed by atoms with Crippen LogP contribution in [0.2, 0.25) is 0 Å². The van der Waals surface area contributed by atoms with Gasteiger partial charge in [-0.1, -0.05) is 18.2 Å². The molecule has 1 aliphatic heterocycles. The Bertz CT molecular complexity index is 962. The van der Waals surface area contributed by atoms with Crippen LogP contribution in [0.5, 0.6) is 5.75 Å². The number of carbonyl (C=O) groups excluding carboxylic acids is 1. The SMILES string of the molecule is COc1ccc(-n2c(SCC(=O)c3ccc[nH]3)nnc2C(C)N2CCCCC2)cc1. The first-order chi connectivity index (χ1) is 14.7. The van der Waals surface area contributed by atoms with Crippen molar-refractivity contribution in [3.63, 3.8) is 0 Å². The maximum atomic E-state index is 12.5. The molecule has 1 aliphatic rings. The maximum absolute atomic E-state index is 12.5. The van der Waals surface area contributed by atoms with Crippen LogP contribution >= 0.6 is 11.8 Å². The molecule has 158 valence electrons. The largest absolute Gasteiger partial charge is 0.497 e. The normalized spacial score (nSPS) is 15.8. The third-order valence-corrected chi connectivity index (χ3v) is 6.46. The van der Waals surface area contributed by atoms with E-state index in [9.17, 15) is 4.79 Å². The highest BCUT2D eigenvalue weighted by atomic mass is 32.2. The molecule has 1 saturated heterocycles. The van der Waals surface area contributed by atoms with Gasteiger partial charge in [0.05, 0.1) is 24.6 Å². The Kier molecular flexibility index (Phi) is 6.54. The summed E-state index contributed by atoms with van der Waals surface area (Å²) in [4.78, 5) is 17.9. The van der Waals surface area contributed by atoms with Gasteiger partial charge in [0.15, 0.2) is 16.8 Å². The average molecular weight is 426 g/mol. The van der Waals surface area contributed by atoms with Crippen molar-refractivity contribution in [1.82, 2.24) is 24.6 Å². The lowest BCUT2D eigenvalue weighted by Gasteiger charge is -2.31. The van der Waals surface area contributed by atoms with Crippen LogP contribution in [-0.2, 0) is 0 Å². The fraction of sp³-hybridized carbons (Fsp3) is 0.409. The Balaban J connectivity index is 1.63. The molecule has 3 aromatic rings. The molecule has 0 spiro atoms. The van der Waals surface area contributed by atoms with Gasteiger partial charge in [-0.15, -0.1) is 10.2 Å². The second-order valence-corrected chi connectivity index (χ2v) is 8.38.